The lowest BCUT2D eigenvalue weighted by molar-refractivity contribution is 0.466. The van der Waals surface area contributed by atoms with E-state index in [9.17, 15) is 8.42 Å². The van der Waals surface area contributed by atoms with Gasteiger partial charge in [0.25, 0.3) is 0 Å². The predicted molar refractivity (Wildman–Crippen MR) is 89.3 cm³/mol. The van der Waals surface area contributed by atoms with Gasteiger partial charge in [0.1, 0.15) is 0 Å². The van der Waals surface area contributed by atoms with Gasteiger partial charge < -0.3 is 0 Å². The van der Waals surface area contributed by atoms with E-state index in [0.717, 1.165) is 10.0 Å². The molecule has 112 valence electrons. The molecular formula is C14H12BrCl2NO2S. The fourth-order valence-corrected chi connectivity index (χ4v) is 4.10. The van der Waals surface area contributed by atoms with Crippen LogP contribution in [0.4, 0.5) is 0 Å². The van der Waals surface area contributed by atoms with E-state index in [0.29, 0.717) is 0 Å². The molecule has 0 fully saturated rings. The van der Waals surface area contributed by atoms with Gasteiger partial charge in [0.2, 0.25) is 10.0 Å². The lowest BCUT2D eigenvalue weighted by Crippen LogP contribution is -2.26. The highest BCUT2D eigenvalue weighted by Gasteiger charge is 2.22. The van der Waals surface area contributed by atoms with Gasteiger partial charge in [-0.3, -0.25) is 0 Å². The van der Waals surface area contributed by atoms with Crippen molar-refractivity contribution in [3.05, 3.63) is 62.5 Å². The molecule has 0 saturated heterocycles. The summed E-state index contributed by atoms with van der Waals surface area (Å²) in [5, 5.41) is 0.575. The molecule has 0 radical (unpaired) electrons. The Balaban J connectivity index is 2.33. The van der Waals surface area contributed by atoms with Crippen molar-refractivity contribution in [2.75, 3.05) is 7.05 Å². The van der Waals surface area contributed by atoms with Crippen LogP contribution in [-0.2, 0) is 16.6 Å². The van der Waals surface area contributed by atoms with Gasteiger partial charge >= 0.3 is 0 Å². The number of halogens is 3. The molecule has 0 aliphatic rings. The van der Waals surface area contributed by atoms with Gasteiger partial charge in [-0.25, -0.2) is 8.42 Å². The summed E-state index contributed by atoms with van der Waals surface area (Å²) in [5.41, 5.74) is 0.872. The summed E-state index contributed by atoms with van der Waals surface area (Å²) in [5.74, 6) is 0. The summed E-state index contributed by atoms with van der Waals surface area (Å²) >= 11 is 15.2. The third kappa shape index (κ3) is 3.99. The number of benzene rings is 2. The highest BCUT2D eigenvalue weighted by molar-refractivity contribution is 9.10. The Morgan fingerprint density at radius 2 is 1.67 bits per heavy atom. The van der Waals surface area contributed by atoms with E-state index < -0.39 is 10.0 Å². The average Bonchev–Trinajstić information content (AvgIpc) is 2.40. The van der Waals surface area contributed by atoms with Gasteiger partial charge in [0, 0.05) is 28.1 Å². The number of hydrogen-bond acceptors (Lipinski definition) is 2. The monoisotopic (exact) mass is 407 g/mol. The van der Waals surface area contributed by atoms with E-state index in [-0.39, 0.29) is 21.5 Å². The lowest BCUT2D eigenvalue weighted by atomic mass is 10.2. The third-order valence-corrected chi connectivity index (χ3v) is 5.89. The zero-order valence-corrected chi connectivity index (χ0v) is 15.0. The molecule has 7 heteroatoms. The smallest absolute Gasteiger partial charge is 0.207 e. The molecule has 21 heavy (non-hydrogen) atoms. The first-order valence-electron chi connectivity index (χ1n) is 5.96. The molecule has 0 spiro atoms. The second-order valence-corrected chi connectivity index (χ2v) is 8.23. The molecular weight excluding hydrogens is 397 g/mol. The highest BCUT2D eigenvalue weighted by atomic mass is 79.9. The van der Waals surface area contributed by atoms with Crippen molar-refractivity contribution < 1.29 is 8.42 Å². The molecule has 3 nitrogen and oxygen atoms in total. The van der Waals surface area contributed by atoms with Gasteiger partial charge in [-0.2, -0.15) is 4.31 Å². The van der Waals surface area contributed by atoms with Crippen molar-refractivity contribution in [1.82, 2.24) is 4.31 Å². The first kappa shape index (κ1) is 16.8. The number of nitrogens with zero attached hydrogens (tertiary/aromatic N) is 1. The summed E-state index contributed by atoms with van der Waals surface area (Å²) in [7, 11) is -2.14. The van der Waals surface area contributed by atoms with Crippen LogP contribution in [0.15, 0.2) is 51.8 Å². The zero-order valence-electron chi connectivity index (χ0n) is 11.1. The summed E-state index contributed by atoms with van der Waals surface area (Å²) < 4.78 is 27.2. The molecule has 2 aromatic rings. The number of hydrogen-bond donors (Lipinski definition) is 0. The Morgan fingerprint density at radius 3 is 2.24 bits per heavy atom. The molecule has 0 heterocycles. The zero-order chi connectivity index (χ0) is 15.6. The first-order valence-corrected chi connectivity index (χ1v) is 8.95. The Bertz CT molecular complexity index is 745. The number of rotatable bonds is 4. The molecule has 0 unspecified atom stereocenters. The van der Waals surface area contributed by atoms with Crippen LogP contribution in [-0.4, -0.2) is 19.8 Å². The van der Waals surface area contributed by atoms with Crippen molar-refractivity contribution in [3.8, 4) is 0 Å². The van der Waals surface area contributed by atoms with Gasteiger partial charge in [-0.05, 0) is 29.8 Å². The van der Waals surface area contributed by atoms with Crippen molar-refractivity contribution in [2.24, 2.45) is 0 Å². The molecule has 0 aliphatic carbocycles. The summed E-state index contributed by atoms with van der Waals surface area (Å²) in [4.78, 5) is 0.0783. The minimum absolute atomic E-state index is 0.0783. The standard InChI is InChI=1S/C14H12BrCl2NO2S/c1-18(9-10-4-2-3-5-14(10)15)21(19,20)13-7-11(16)6-12(17)8-13/h2-8H,9H2,1H3. The van der Waals surface area contributed by atoms with Gasteiger partial charge in [-0.1, -0.05) is 57.3 Å². The van der Waals surface area contributed by atoms with Crippen LogP contribution in [0.25, 0.3) is 0 Å². The van der Waals surface area contributed by atoms with Crippen LogP contribution >= 0.6 is 39.1 Å². The van der Waals surface area contributed by atoms with Crippen molar-refractivity contribution in [1.29, 1.82) is 0 Å². The topological polar surface area (TPSA) is 37.4 Å². The predicted octanol–water partition coefficient (Wildman–Crippen LogP) is 4.58. The largest absolute Gasteiger partial charge is 0.243 e. The summed E-state index contributed by atoms with van der Waals surface area (Å²) in [6.07, 6.45) is 0. The maximum absolute atomic E-state index is 12.5. The molecule has 0 bridgehead atoms. The molecule has 0 saturated carbocycles. The first-order chi connectivity index (χ1) is 9.80. The Labute approximate surface area is 142 Å². The number of sulfonamides is 1. The van der Waals surface area contributed by atoms with Crippen molar-refractivity contribution >= 4 is 49.2 Å². The van der Waals surface area contributed by atoms with E-state index in [1.54, 1.807) is 0 Å². The maximum atomic E-state index is 12.5. The second-order valence-electron chi connectivity index (χ2n) is 4.46. The van der Waals surface area contributed by atoms with E-state index in [2.05, 4.69) is 15.9 Å². The molecule has 0 aromatic heterocycles. The second kappa shape index (κ2) is 6.67. The average molecular weight is 409 g/mol. The molecule has 0 atom stereocenters. The van der Waals surface area contributed by atoms with Gasteiger partial charge in [-0.15, -0.1) is 0 Å². The van der Waals surface area contributed by atoms with Crippen LogP contribution < -0.4 is 0 Å². The SMILES string of the molecule is CN(Cc1ccccc1Br)S(=O)(=O)c1cc(Cl)cc(Cl)c1. The van der Waals surface area contributed by atoms with Gasteiger partial charge in [0.05, 0.1) is 4.90 Å². The summed E-state index contributed by atoms with van der Waals surface area (Å²) in [6, 6.07) is 11.7. The van der Waals surface area contributed by atoms with Crippen LogP contribution in [0.2, 0.25) is 10.0 Å². The molecule has 2 aromatic carbocycles. The fraction of sp³-hybridized carbons (Fsp3) is 0.143. The van der Waals surface area contributed by atoms with E-state index >= 15 is 0 Å². The third-order valence-electron chi connectivity index (χ3n) is 2.90. The van der Waals surface area contributed by atoms with Crippen molar-refractivity contribution in [2.45, 2.75) is 11.4 Å². The minimum Gasteiger partial charge on any atom is -0.207 e. The Hall–Kier alpha value is -0.590. The molecule has 0 aliphatic heterocycles. The molecule has 0 amide bonds. The maximum Gasteiger partial charge on any atom is 0.243 e. The quantitative estimate of drug-likeness (QED) is 0.742. The fourth-order valence-electron chi connectivity index (χ4n) is 1.81. The Kier molecular flexibility index (Phi) is 5.33. The van der Waals surface area contributed by atoms with Gasteiger partial charge in [0.15, 0.2) is 0 Å². The van der Waals surface area contributed by atoms with Crippen LogP contribution in [0.1, 0.15) is 5.56 Å². The Morgan fingerprint density at radius 1 is 1.10 bits per heavy atom. The highest BCUT2D eigenvalue weighted by Crippen LogP contribution is 2.26. The summed E-state index contributed by atoms with van der Waals surface area (Å²) in [6.45, 7) is 0.244. The van der Waals surface area contributed by atoms with E-state index in [1.807, 2.05) is 24.3 Å². The lowest BCUT2D eigenvalue weighted by Gasteiger charge is -2.18. The van der Waals surface area contributed by atoms with Crippen molar-refractivity contribution in [3.63, 3.8) is 0 Å². The van der Waals surface area contributed by atoms with Crippen LogP contribution in [0.5, 0.6) is 0 Å². The van der Waals surface area contributed by atoms with Crippen LogP contribution in [0.3, 0.4) is 0 Å². The minimum atomic E-state index is -3.66. The molecule has 0 N–H and O–H groups in total. The molecule has 2 rings (SSSR count). The van der Waals surface area contributed by atoms with Crippen LogP contribution in [0, 0.1) is 0 Å². The van der Waals surface area contributed by atoms with E-state index in [4.69, 9.17) is 23.2 Å². The normalized spacial score (nSPS) is 11.9. The van der Waals surface area contributed by atoms with E-state index in [1.165, 1.54) is 29.6 Å².